The van der Waals surface area contributed by atoms with Crippen LogP contribution in [0.2, 0.25) is 0 Å². The molecule has 274 valence electrons. The van der Waals surface area contributed by atoms with Crippen LogP contribution in [0.15, 0.2) is 122 Å². The maximum Gasteiger partial charge on any atom is 2.00 e. The Morgan fingerprint density at radius 2 is 1.36 bits per heavy atom. The second kappa shape index (κ2) is 13.6. The number of hydrogen-bond donors (Lipinski definition) is 0. The molecule has 4 heterocycles. The monoisotopic (exact) mass is 898 g/mol. The quantitative estimate of drug-likeness (QED) is 0.156. The van der Waals surface area contributed by atoms with Gasteiger partial charge in [-0.3, -0.25) is 9.67 Å². The van der Waals surface area contributed by atoms with Gasteiger partial charge in [-0.1, -0.05) is 106 Å². The van der Waals surface area contributed by atoms with Crippen molar-refractivity contribution in [3.8, 4) is 39.6 Å². The fourth-order valence-corrected chi connectivity index (χ4v) is 8.24. The number of rotatable bonds is 6. The Hall–Kier alpha value is -5.58. The van der Waals surface area contributed by atoms with Gasteiger partial charge in [-0.25, -0.2) is 4.98 Å². The largest absolute Gasteiger partial charge is 2.00 e. The van der Waals surface area contributed by atoms with Crippen molar-refractivity contribution in [2.24, 2.45) is 0 Å². The minimum atomic E-state index is -0.806. The number of ether oxygens (including phenoxy) is 1. The first-order chi connectivity index (χ1) is 26.1. The summed E-state index contributed by atoms with van der Waals surface area (Å²) < 4.78 is 10.9. The van der Waals surface area contributed by atoms with E-state index in [1.807, 2.05) is 36.0 Å². The van der Waals surface area contributed by atoms with Gasteiger partial charge < -0.3 is 9.14 Å². The van der Waals surface area contributed by atoms with Crippen molar-refractivity contribution < 1.29 is 25.8 Å². The molecule has 9 rings (SSSR count). The minimum absolute atomic E-state index is 0. The molecule has 0 fully saturated rings. The van der Waals surface area contributed by atoms with Gasteiger partial charge in [-0.2, -0.15) is 23.3 Å². The van der Waals surface area contributed by atoms with E-state index in [2.05, 4.69) is 160 Å². The summed E-state index contributed by atoms with van der Waals surface area (Å²) in [5.41, 5.74) is 14.7. The summed E-state index contributed by atoms with van der Waals surface area (Å²) in [5.74, 6) is 1.02. The Morgan fingerprint density at radius 1 is 0.691 bits per heavy atom. The van der Waals surface area contributed by atoms with Crippen LogP contribution in [0.3, 0.4) is 0 Å². The minimum Gasteiger partial charge on any atom is -0.462 e. The number of hydrogen-bond acceptors (Lipinski definition) is 4. The number of fused-ring (bicyclic) bond motifs is 4. The first kappa shape index (κ1) is 36.4. The van der Waals surface area contributed by atoms with Gasteiger partial charge in [0.1, 0.15) is 0 Å². The number of nitrogens with zero attached hydrogens (tertiary/aromatic N) is 5. The number of aryl methyl sites for hydroxylation is 3. The van der Waals surface area contributed by atoms with Crippen molar-refractivity contribution in [1.29, 1.82) is 0 Å². The molecule has 0 spiro atoms. The zero-order valence-electron chi connectivity index (χ0n) is 32.0. The van der Waals surface area contributed by atoms with Gasteiger partial charge in [0.05, 0.1) is 17.1 Å². The van der Waals surface area contributed by atoms with Gasteiger partial charge in [0, 0.05) is 40.3 Å². The van der Waals surface area contributed by atoms with Crippen LogP contribution in [-0.4, -0.2) is 24.1 Å². The van der Waals surface area contributed by atoms with E-state index in [-0.39, 0.29) is 26.5 Å². The second-order valence-electron chi connectivity index (χ2n) is 15.3. The Balaban J connectivity index is 0.00000427. The number of imidazole rings is 1. The standard InChI is InChI=1S/C48H41N5O.Pt/c1-30-32(3)52-29-37(27-43(46(52)50-30)54-44-28-35(24-25-49-44)47(5,6)7)48(41-22-13-11-20-39(41)40-21-12-14-23-42(40)48)36-18-15-19-38(26-36)53-33(4)45(31(2)51-53)34-16-9-8-10-17-34;/h8-25,28-29H,1-7H3;/q-2;+2. The summed E-state index contributed by atoms with van der Waals surface area (Å²) in [6.45, 7) is 14.9. The fraction of sp³-hybridized carbons (Fsp3) is 0.188. The Labute approximate surface area is 337 Å². The molecule has 0 amide bonds. The van der Waals surface area contributed by atoms with Crippen LogP contribution in [0, 0.1) is 39.8 Å². The molecule has 55 heavy (non-hydrogen) atoms. The zero-order valence-corrected chi connectivity index (χ0v) is 34.3. The summed E-state index contributed by atoms with van der Waals surface area (Å²) >= 11 is 0. The summed E-state index contributed by atoms with van der Waals surface area (Å²) in [6, 6.07) is 46.1. The van der Waals surface area contributed by atoms with E-state index in [0.29, 0.717) is 17.3 Å². The maximum absolute atomic E-state index is 6.75. The topological polar surface area (TPSA) is 57.2 Å². The smallest absolute Gasteiger partial charge is 0.462 e. The van der Waals surface area contributed by atoms with E-state index < -0.39 is 5.41 Å². The molecule has 0 N–H and O–H groups in total. The number of benzene rings is 4. The van der Waals surface area contributed by atoms with Crippen molar-refractivity contribution >= 4 is 5.65 Å². The van der Waals surface area contributed by atoms with Gasteiger partial charge in [-0.05, 0) is 78.2 Å². The molecular formula is C48H41N5OPt. The van der Waals surface area contributed by atoms with Crippen LogP contribution in [0.25, 0.3) is 33.6 Å². The van der Waals surface area contributed by atoms with Crippen molar-refractivity contribution in [3.05, 3.63) is 184 Å². The molecule has 0 saturated heterocycles. The molecule has 1 aliphatic rings. The van der Waals surface area contributed by atoms with Crippen LogP contribution in [0.4, 0.5) is 0 Å². The molecule has 4 aromatic carbocycles. The summed E-state index contributed by atoms with van der Waals surface area (Å²) in [6.07, 6.45) is 4.00. The third-order valence-corrected chi connectivity index (χ3v) is 11.0. The third kappa shape index (κ3) is 5.77. The first-order valence-corrected chi connectivity index (χ1v) is 18.5. The van der Waals surface area contributed by atoms with E-state index in [9.17, 15) is 0 Å². The average Bonchev–Trinajstić information content (AvgIpc) is 3.77. The Bertz CT molecular complexity index is 2690. The molecular weight excluding hydrogens is 858 g/mol. The molecule has 0 aliphatic heterocycles. The summed E-state index contributed by atoms with van der Waals surface area (Å²) in [7, 11) is 0. The van der Waals surface area contributed by atoms with Crippen molar-refractivity contribution in [2.75, 3.05) is 0 Å². The average molecular weight is 899 g/mol. The van der Waals surface area contributed by atoms with Crippen molar-refractivity contribution in [2.45, 2.75) is 59.3 Å². The molecule has 0 atom stereocenters. The molecule has 1 aliphatic carbocycles. The first-order valence-electron chi connectivity index (χ1n) is 18.5. The SMILES string of the molecule is Cc1nn(-c2[c-]c(C3(c4[c-]c(Oc5cc(C(C)(C)C)ccn5)c5nc(C)c(C)n5c4)c4ccccc4-c4ccccc43)ccc2)c(C)c1-c1ccccc1.[Pt+2]. The van der Waals surface area contributed by atoms with Crippen LogP contribution in [0.5, 0.6) is 11.6 Å². The maximum atomic E-state index is 6.75. The van der Waals surface area contributed by atoms with E-state index in [4.69, 9.17) is 14.8 Å². The van der Waals surface area contributed by atoms with Gasteiger partial charge >= 0.3 is 21.1 Å². The zero-order chi connectivity index (χ0) is 37.4. The van der Waals surface area contributed by atoms with E-state index in [1.165, 1.54) is 11.1 Å². The molecule has 6 nitrogen and oxygen atoms in total. The fourth-order valence-electron chi connectivity index (χ4n) is 8.24. The normalized spacial score (nSPS) is 13.0. The molecule has 4 aromatic heterocycles. The van der Waals surface area contributed by atoms with Crippen molar-refractivity contribution in [1.82, 2.24) is 24.1 Å². The van der Waals surface area contributed by atoms with Crippen LogP contribution < -0.4 is 4.74 Å². The number of pyridine rings is 2. The van der Waals surface area contributed by atoms with Crippen LogP contribution >= 0.6 is 0 Å². The predicted octanol–water partition coefficient (Wildman–Crippen LogP) is 10.9. The predicted molar refractivity (Wildman–Crippen MR) is 215 cm³/mol. The Morgan fingerprint density at radius 3 is 2.05 bits per heavy atom. The van der Waals surface area contributed by atoms with Gasteiger partial charge in [0.2, 0.25) is 5.88 Å². The molecule has 0 radical (unpaired) electrons. The molecule has 7 heteroatoms. The Kier molecular flexibility index (Phi) is 9.01. The van der Waals surface area contributed by atoms with Gasteiger partial charge in [0.15, 0.2) is 0 Å². The van der Waals surface area contributed by atoms with E-state index in [0.717, 1.165) is 67.4 Å². The van der Waals surface area contributed by atoms with Gasteiger partial charge in [0.25, 0.3) is 0 Å². The summed E-state index contributed by atoms with van der Waals surface area (Å²) in [4.78, 5) is 9.64. The van der Waals surface area contributed by atoms with Crippen LogP contribution in [0.1, 0.15) is 71.4 Å². The van der Waals surface area contributed by atoms with E-state index >= 15 is 0 Å². The molecule has 0 bridgehead atoms. The summed E-state index contributed by atoms with van der Waals surface area (Å²) in [5, 5.41) is 5.09. The third-order valence-electron chi connectivity index (χ3n) is 11.0. The van der Waals surface area contributed by atoms with Crippen LogP contribution in [-0.2, 0) is 31.9 Å². The van der Waals surface area contributed by atoms with Crippen molar-refractivity contribution in [3.63, 3.8) is 0 Å². The van der Waals surface area contributed by atoms with E-state index in [1.54, 1.807) is 0 Å². The van der Waals surface area contributed by atoms with Gasteiger partial charge in [-0.15, -0.1) is 23.3 Å². The number of aromatic nitrogens is 5. The molecule has 0 saturated carbocycles. The second-order valence-corrected chi connectivity index (χ2v) is 15.3. The molecule has 8 aromatic rings. The molecule has 0 unspecified atom stereocenters.